The molecule has 8 heteroatoms. The minimum atomic E-state index is -0.560. The van der Waals surface area contributed by atoms with E-state index in [-0.39, 0.29) is 16.9 Å². The second kappa shape index (κ2) is 6.00. The fourth-order valence-electron chi connectivity index (χ4n) is 4.48. The van der Waals surface area contributed by atoms with Gasteiger partial charge in [-0.2, -0.15) is 9.37 Å². The molecule has 0 bridgehead atoms. The molecule has 0 radical (unpaired) electrons. The van der Waals surface area contributed by atoms with E-state index < -0.39 is 5.82 Å². The van der Waals surface area contributed by atoms with Gasteiger partial charge in [0.1, 0.15) is 5.82 Å². The molecule has 2 fully saturated rings. The van der Waals surface area contributed by atoms with Crippen LogP contribution in [-0.4, -0.2) is 40.1 Å². The summed E-state index contributed by atoms with van der Waals surface area (Å²) in [5.41, 5.74) is 1.90. The molecule has 3 aliphatic rings. The van der Waals surface area contributed by atoms with Gasteiger partial charge in [-0.15, -0.1) is 0 Å². The third kappa shape index (κ3) is 2.69. The predicted octanol–water partition coefficient (Wildman–Crippen LogP) is 2.07. The van der Waals surface area contributed by atoms with Gasteiger partial charge in [0.05, 0.1) is 19.0 Å². The van der Waals surface area contributed by atoms with Gasteiger partial charge >= 0.3 is 0 Å². The van der Waals surface area contributed by atoms with Crippen LogP contribution in [0.25, 0.3) is 0 Å². The van der Waals surface area contributed by atoms with Gasteiger partial charge in [-0.3, -0.25) is 4.79 Å². The summed E-state index contributed by atoms with van der Waals surface area (Å²) in [7, 11) is 1.40. The van der Waals surface area contributed by atoms with Gasteiger partial charge in [0.2, 0.25) is 11.8 Å². The van der Waals surface area contributed by atoms with E-state index in [2.05, 4.69) is 19.9 Å². The Bertz CT molecular complexity index is 948. The number of aromatic nitrogens is 4. The maximum Gasteiger partial charge on any atom is 0.255 e. The van der Waals surface area contributed by atoms with Crippen LogP contribution in [0.3, 0.4) is 0 Å². The molecule has 27 heavy (non-hydrogen) atoms. The fourth-order valence-corrected chi connectivity index (χ4v) is 4.48. The number of piperidine rings is 1. The molecule has 2 aromatic heterocycles. The highest BCUT2D eigenvalue weighted by atomic mass is 19.1. The lowest BCUT2D eigenvalue weighted by molar-refractivity contribution is 0.318. The highest BCUT2D eigenvalue weighted by Crippen LogP contribution is 2.46. The Morgan fingerprint density at radius 3 is 2.74 bits per heavy atom. The number of hydrogen-bond donors (Lipinski definition) is 1. The number of nitrogens with zero attached hydrogens (tertiary/aromatic N) is 4. The normalized spacial score (nSPS) is 20.7. The van der Waals surface area contributed by atoms with Crippen LogP contribution in [0, 0.1) is 5.82 Å². The molecule has 2 aromatic rings. The first-order valence-corrected chi connectivity index (χ1v) is 9.55. The van der Waals surface area contributed by atoms with Crippen LogP contribution in [0.2, 0.25) is 0 Å². The Kier molecular flexibility index (Phi) is 3.70. The smallest absolute Gasteiger partial charge is 0.255 e. The van der Waals surface area contributed by atoms with Crippen LogP contribution in [-0.2, 0) is 11.8 Å². The molecular weight excluding hydrogens is 349 g/mol. The van der Waals surface area contributed by atoms with Crippen LogP contribution in [0.4, 0.5) is 10.3 Å². The Labute approximate surface area is 156 Å². The standard InChI is InChI=1S/C19H22FN5O2/c1-27-17-13(20)10-21-18(24-17)25-8-6-19(7-9-25)5-4-12-14(19)22-15(11-2-3-11)23-16(12)26/h10-11H,2-9H2,1H3,(H,22,23,26). The number of methoxy groups -OCH3 is 1. The highest BCUT2D eigenvalue weighted by molar-refractivity contribution is 5.39. The Morgan fingerprint density at radius 1 is 1.26 bits per heavy atom. The molecular formula is C19H22FN5O2. The molecule has 3 heterocycles. The Hall–Kier alpha value is -2.51. The van der Waals surface area contributed by atoms with Gasteiger partial charge in [0.25, 0.3) is 11.4 Å². The largest absolute Gasteiger partial charge is 0.479 e. The van der Waals surface area contributed by atoms with E-state index in [1.807, 2.05) is 0 Å². The van der Waals surface area contributed by atoms with Gasteiger partial charge in [-0.1, -0.05) is 0 Å². The van der Waals surface area contributed by atoms with Crippen molar-refractivity contribution in [3.63, 3.8) is 0 Å². The second-order valence-electron chi connectivity index (χ2n) is 7.85. The van der Waals surface area contributed by atoms with Crippen LogP contribution >= 0.6 is 0 Å². The summed E-state index contributed by atoms with van der Waals surface area (Å²) in [6, 6.07) is 0. The van der Waals surface area contributed by atoms with Crippen molar-refractivity contribution in [3.8, 4) is 5.88 Å². The third-order valence-corrected chi connectivity index (χ3v) is 6.25. The summed E-state index contributed by atoms with van der Waals surface area (Å²) in [6.07, 6.45) is 6.93. The van der Waals surface area contributed by atoms with Gasteiger partial charge < -0.3 is 14.6 Å². The molecule has 0 aromatic carbocycles. The van der Waals surface area contributed by atoms with Crippen LogP contribution in [0.5, 0.6) is 5.88 Å². The van der Waals surface area contributed by atoms with E-state index in [4.69, 9.17) is 9.72 Å². The third-order valence-electron chi connectivity index (χ3n) is 6.25. The van der Waals surface area contributed by atoms with Crippen molar-refractivity contribution in [1.29, 1.82) is 0 Å². The number of H-pyrrole nitrogens is 1. The summed E-state index contributed by atoms with van der Waals surface area (Å²) >= 11 is 0. The average Bonchev–Trinajstić information content (AvgIpc) is 3.48. The minimum Gasteiger partial charge on any atom is -0.479 e. The molecule has 1 spiro atoms. The zero-order valence-corrected chi connectivity index (χ0v) is 15.3. The van der Waals surface area contributed by atoms with E-state index in [1.54, 1.807) is 0 Å². The van der Waals surface area contributed by atoms with Crippen molar-refractivity contribution in [3.05, 3.63) is 39.4 Å². The molecule has 1 saturated carbocycles. The number of ether oxygens (including phenoxy) is 1. The van der Waals surface area contributed by atoms with Crippen LogP contribution in [0.15, 0.2) is 11.0 Å². The van der Waals surface area contributed by atoms with Crippen molar-refractivity contribution in [2.45, 2.75) is 49.9 Å². The topological polar surface area (TPSA) is 84.0 Å². The molecule has 0 atom stereocenters. The lowest BCUT2D eigenvalue weighted by Gasteiger charge is -2.39. The number of fused-ring (bicyclic) bond motifs is 2. The van der Waals surface area contributed by atoms with Gasteiger partial charge in [0, 0.05) is 30.0 Å². The number of anilines is 1. The number of aromatic amines is 1. The fraction of sp³-hybridized carbons (Fsp3) is 0.579. The SMILES string of the molecule is COc1nc(N2CCC3(CCc4c3nc(C3CC3)[nH]c4=O)CC2)ncc1F. The monoisotopic (exact) mass is 371 g/mol. The van der Waals surface area contributed by atoms with Gasteiger partial charge in [-0.05, 0) is 38.5 Å². The second-order valence-corrected chi connectivity index (χ2v) is 7.85. The maximum absolute atomic E-state index is 13.6. The summed E-state index contributed by atoms with van der Waals surface area (Å²) in [6.45, 7) is 1.50. The molecule has 0 unspecified atom stereocenters. The van der Waals surface area contributed by atoms with Crippen molar-refractivity contribution in [1.82, 2.24) is 19.9 Å². The number of hydrogen-bond acceptors (Lipinski definition) is 6. The molecule has 142 valence electrons. The van der Waals surface area contributed by atoms with Crippen molar-refractivity contribution < 1.29 is 9.13 Å². The lowest BCUT2D eigenvalue weighted by Crippen LogP contribution is -2.43. The van der Waals surface area contributed by atoms with Crippen LogP contribution < -0.4 is 15.2 Å². The zero-order valence-electron chi connectivity index (χ0n) is 15.3. The maximum atomic E-state index is 13.6. The summed E-state index contributed by atoms with van der Waals surface area (Å²) in [5.74, 6) is 1.19. The predicted molar refractivity (Wildman–Crippen MR) is 96.8 cm³/mol. The Morgan fingerprint density at radius 2 is 2.04 bits per heavy atom. The van der Waals surface area contributed by atoms with E-state index in [0.717, 1.165) is 74.9 Å². The number of nitrogens with one attached hydrogen (secondary N) is 1. The first-order chi connectivity index (χ1) is 13.1. The number of halogens is 1. The van der Waals surface area contributed by atoms with E-state index in [0.29, 0.717) is 11.9 Å². The van der Waals surface area contributed by atoms with Crippen molar-refractivity contribution >= 4 is 5.95 Å². The quantitative estimate of drug-likeness (QED) is 0.889. The van der Waals surface area contributed by atoms with E-state index in [9.17, 15) is 9.18 Å². The van der Waals surface area contributed by atoms with Crippen molar-refractivity contribution in [2.75, 3.05) is 25.1 Å². The Balaban J connectivity index is 1.41. The molecule has 2 aliphatic carbocycles. The molecule has 5 rings (SSSR count). The minimum absolute atomic E-state index is 0.0335. The molecule has 0 amide bonds. The zero-order chi connectivity index (χ0) is 18.6. The highest BCUT2D eigenvalue weighted by Gasteiger charge is 2.45. The van der Waals surface area contributed by atoms with Gasteiger partial charge in [0.15, 0.2) is 0 Å². The molecule has 1 N–H and O–H groups in total. The van der Waals surface area contributed by atoms with E-state index >= 15 is 0 Å². The summed E-state index contributed by atoms with van der Waals surface area (Å²) in [4.78, 5) is 30.8. The first-order valence-electron chi connectivity index (χ1n) is 9.55. The first kappa shape index (κ1) is 16.6. The summed E-state index contributed by atoms with van der Waals surface area (Å²) < 4.78 is 18.5. The molecule has 1 saturated heterocycles. The van der Waals surface area contributed by atoms with Crippen LogP contribution in [0.1, 0.15) is 55.1 Å². The lowest BCUT2D eigenvalue weighted by atomic mass is 9.76. The molecule has 1 aliphatic heterocycles. The molecule has 7 nitrogen and oxygen atoms in total. The number of rotatable bonds is 3. The van der Waals surface area contributed by atoms with Crippen molar-refractivity contribution in [2.24, 2.45) is 0 Å². The average molecular weight is 371 g/mol. The van der Waals surface area contributed by atoms with E-state index in [1.165, 1.54) is 7.11 Å². The van der Waals surface area contributed by atoms with Gasteiger partial charge in [-0.25, -0.2) is 9.97 Å². The summed E-state index contributed by atoms with van der Waals surface area (Å²) in [5, 5.41) is 0.